The Bertz CT molecular complexity index is 924. The molecule has 0 saturated carbocycles. The van der Waals surface area contributed by atoms with Gasteiger partial charge in [0.25, 0.3) is 5.69 Å². The zero-order valence-corrected chi connectivity index (χ0v) is 17.3. The number of thioether (sulfide) groups is 1. The lowest BCUT2D eigenvalue weighted by Gasteiger charge is -2.33. The molecule has 2 aromatic rings. The van der Waals surface area contributed by atoms with Crippen molar-refractivity contribution in [3.63, 3.8) is 0 Å². The fourth-order valence-electron chi connectivity index (χ4n) is 3.03. The minimum Gasteiger partial charge on any atom is -0.300 e. The van der Waals surface area contributed by atoms with Crippen LogP contribution >= 0.6 is 11.8 Å². The summed E-state index contributed by atoms with van der Waals surface area (Å²) in [5.74, 6) is 0.945. The second-order valence-electron chi connectivity index (χ2n) is 6.66. The molecule has 150 valence electrons. The lowest BCUT2D eigenvalue weighted by atomic mass is 10.2. The van der Waals surface area contributed by atoms with Crippen molar-refractivity contribution in [3.8, 4) is 0 Å². The normalized spacial score (nSPS) is 16.2. The Kier molecular flexibility index (Phi) is 6.71. The number of aryl methyl sites for hydroxylation is 1. The third kappa shape index (κ3) is 5.11. The van der Waals surface area contributed by atoms with Crippen LogP contribution in [0, 0.1) is 17.0 Å². The summed E-state index contributed by atoms with van der Waals surface area (Å²) in [5.41, 5.74) is 1.03. The summed E-state index contributed by atoms with van der Waals surface area (Å²) in [7, 11) is -3.71. The van der Waals surface area contributed by atoms with Gasteiger partial charge in [-0.2, -0.15) is 4.31 Å². The van der Waals surface area contributed by atoms with Crippen molar-refractivity contribution in [2.24, 2.45) is 0 Å². The number of nitro groups is 1. The molecule has 0 amide bonds. The first-order chi connectivity index (χ1) is 13.4. The molecule has 1 heterocycles. The van der Waals surface area contributed by atoms with E-state index in [0.29, 0.717) is 26.2 Å². The molecule has 3 rings (SSSR count). The van der Waals surface area contributed by atoms with Crippen LogP contribution in [-0.2, 0) is 10.0 Å². The summed E-state index contributed by atoms with van der Waals surface area (Å²) < 4.78 is 27.0. The molecule has 0 bridgehead atoms. The van der Waals surface area contributed by atoms with Crippen LogP contribution in [0.2, 0.25) is 0 Å². The topological polar surface area (TPSA) is 83.8 Å². The molecule has 28 heavy (non-hydrogen) atoms. The van der Waals surface area contributed by atoms with Crippen molar-refractivity contribution in [3.05, 3.63) is 64.2 Å². The van der Waals surface area contributed by atoms with E-state index in [1.807, 2.05) is 0 Å². The smallest absolute Gasteiger partial charge is 0.270 e. The van der Waals surface area contributed by atoms with E-state index in [9.17, 15) is 18.5 Å². The van der Waals surface area contributed by atoms with Crippen molar-refractivity contribution in [2.75, 3.05) is 38.5 Å². The molecule has 7 nitrogen and oxygen atoms in total. The van der Waals surface area contributed by atoms with Gasteiger partial charge in [0.05, 0.1) is 9.82 Å². The molecule has 0 radical (unpaired) electrons. The Morgan fingerprint density at radius 2 is 1.75 bits per heavy atom. The summed E-state index contributed by atoms with van der Waals surface area (Å²) in [6.07, 6.45) is 0. The monoisotopic (exact) mass is 421 g/mol. The van der Waals surface area contributed by atoms with E-state index >= 15 is 0 Å². The van der Waals surface area contributed by atoms with Gasteiger partial charge in [-0.15, -0.1) is 11.8 Å². The molecule has 0 N–H and O–H groups in total. The summed E-state index contributed by atoms with van der Waals surface area (Å²) in [4.78, 5) is 13.8. The maximum Gasteiger partial charge on any atom is 0.270 e. The summed E-state index contributed by atoms with van der Waals surface area (Å²) in [5, 5.41) is 10.9. The Hall–Kier alpha value is -1.94. The molecule has 1 fully saturated rings. The summed E-state index contributed by atoms with van der Waals surface area (Å²) >= 11 is 1.79. The predicted octanol–water partition coefficient (Wildman–Crippen LogP) is 3.00. The number of non-ortho nitro benzene ring substituents is 1. The van der Waals surface area contributed by atoms with Gasteiger partial charge in [0.15, 0.2) is 0 Å². The Balaban J connectivity index is 1.52. The number of benzene rings is 2. The van der Waals surface area contributed by atoms with Crippen LogP contribution in [0.5, 0.6) is 0 Å². The van der Waals surface area contributed by atoms with Gasteiger partial charge >= 0.3 is 0 Å². The van der Waals surface area contributed by atoms with E-state index in [2.05, 4.69) is 36.1 Å². The van der Waals surface area contributed by atoms with Crippen LogP contribution < -0.4 is 0 Å². The molecule has 9 heteroatoms. The highest BCUT2D eigenvalue weighted by atomic mass is 32.2. The van der Waals surface area contributed by atoms with Gasteiger partial charge in [0.2, 0.25) is 10.0 Å². The molecule has 0 aromatic heterocycles. The van der Waals surface area contributed by atoms with Gasteiger partial charge in [-0.25, -0.2) is 8.42 Å². The van der Waals surface area contributed by atoms with E-state index in [4.69, 9.17) is 0 Å². The number of sulfonamides is 1. The van der Waals surface area contributed by atoms with Gasteiger partial charge in [0, 0.05) is 55.5 Å². The molecule has 0 spiro atoms. The van der Waals surface area contributed by atoms with Crippen molar-refractivity contribution < 1.29 is 13.3 Å². The maximum atomic E-state index is 12.8. The third-order valence-corrected chi connectivity index (χ3v) is 7.58. The Morgan fingerprint density at radius 3 is 2.39 bits per heavy atom. The molecular formula is C19H23N3O4S2. The lowest BCUT2D eigenvalue weighted by Crippen LogP contribution is -2.49. The number of hydrogen-bond donors (Lipinski definition) is 0. The van der Waals surface area contributed by atoms with Crippen LogP contribution in [0.15, 0.2) is 58.3 Å². The molecule has 2 aromatic carbocycles. The van der Waals surface area contributed by atoms with E-state index in [1.54, 1.807) is 11.8 Å². The predicted molar refractivity (Wildman–Crippen MR) is 110 cm³/mol. The highest BCUT2D eigenvalue weighted by Gasteiger charge is 2.29. The molecule has 1 aliphatic heterocycles. The first-order valence-corrected chi connectivity index (χ1v) is 11.5. The second kappa shape index (κ2) is 9.04. The zero-order valence-electron chi connectivity index (χ0n) is 15.7. The van der Waals surface area contributed by atoms with Crippen molar-refractivity contribution >= 4 is 27.5 Å². The molecule has 1 saturated heterocycles. The SMILES string of the molecule is Cc1ccc(SCCN2CCN(S(=O)(=O)c3cccc([N+](=O)[O-])c3)CC2)cc1. The molecule has 1 aliphatic rings. The first kappa shape index (κ1) is 20.8. The Morgan fingerprint density at radius 1 is 1.07 bits per heavy atom. The molecule has 0 atom stereocenters. The minimum atomic E-state index is -3.71. The van der Waals surface area contributed by atoms with Crippen LogP contribution in [0.3, 0.4) is 0 Å². The average molecular weight is 422 g/mol. The van der Waals surface area contributed by atoms with Crippen molar-refractivity contribution in [1.29, 1.82) is 0 Å². The summed E-state index contributed by atoms with van der Waals surface area (Å²) in [6.45, 7) is 5.05. The number of piperazine rings is 1. The Labute approximate surface area is 169 Å². The van der Waals surface area contributed by atoms with Crippen molar-refractivity contribution in [2.45, 2.75) is 16.7 Å². The largest absolute Gasteiger partial charge is 0.300 e. The molecule has 0 aliphatic carbocycles. The fourth-order valence-corrected chi connectivity index (χ4v) is 5.40. The van der Waals surface area contributed by atoms with Crippen LogP contribution in [0.25, 0.3) is 0 Å². The van der Waals surface area contributed by atoms with Crippen molar-refractivity contribution in [1.82, 2.24) is 9.21 Å². The molecule has 0 unspecified atom stereocenters. The van der Waals surface area contributed by atoms with E-state index in [1.165, 1.54) is 33.0 Å². The fraction of sp³-hybridized carbons (Fsp3) is 0.368. The van der Waals surface area contributed by atoms with Gasteiger partial charge < -0.3 is 0 Å². The van der Waals surface area contributed by atoms with Gasteiger partial charge in [-0.1, -0.05) is 23.8 Å². The van der Waals surface area contributed by atoms with Gasteiger partial charge in [-0.05, 0) is 25.1 Å². The van der Waals surface area contributed by atoms with Crippen LogP contribution in [0.1, 0.15) is 5.56 Å². The highest BCUT2D eigenvalue weighted by molar-refractivity contribution is 7.99. The number of nitro benzene ring substituents is 1. The van der Waals surface area contributed by atoms with E-state index in [-0.39, 0.29) is 10.6 Å². The maximum absolute atomic E-state index is 12.8. The van der Waals surface area contributed by atoms with Crippen LogP contribution in [0.4, 0.5) is 5.69 Å². The van der Waals surface area contributed by atoms with Gasteiger partial charge in [0.1, 0.15) is 0 Å². The van der Waals surface area contributed by atoms with Crippen LogP contribution in [-0.4, -0.2) is 61.0 Å². The molecular weight excluding hydrogens is 398 g/mol. The quantitative estimate of drug-likeness (QED) is 0.388. The summed E-state index contributed by atoms with van der Waals surface area (Å²) in [6, 6.07) is 13.7. The number of rotatable bonds is 7. The second-order valence-corrected chi connectivity index (χ2v) is 9.77. The third-order valence-electron chi connectivity index (χ3n) is 4.69. The first-order valence-electron chi connectivity index (χ1n) is 9.03. The number of nitrogens with zero attached hydrogens (tertiary/aromatic N) is 3. The standard InChI is InChI=1S/C19H23N3O4S2/c1-16-5-7-18(8-6-16)27-14-13-20-9-11-21(12-10-20)28(25,26)19-4-2-3-17(15-19)22(23)24/h2-8,15H,9-14H2,1H3. The van der Waals surface area contributed by atoms with Gasteiger partial charge in [-0.3, -0.25) is 15.0 Å². The van der Waals surface area contributed by atoms with E-state index in [0.717, 1.165) is 18.4 Å². The minimum absolute atomic E-state index is 0.0231. The lowest BCUT2D eigenvalue weighted by molar-refractivity contribution is -0.385. The highest BCUT2D eigenvalue weighted by Crippen LogP contribution is 2.23. The zero-order chi connectivity index (χ0) is 20.1. The number of hydrogen-bond acceptors (Lipinski definition) is 6. The van der Waals surface area contributed by atoms with E-state index < -0.39 is 14.9 Å². The average Bonchev–Trinajstić information content (AvgIpc) is 2.70.